The fraction of sp³-hybridized carbons (Fsp3) is 0.400. The summed E-state index contributed by atoms with van der Waals surface area (Å²) >= 11 is 3.34. The van der Waals surface area contributed by atoms with Crippen molar-refractivity contribution in [1.29, 1.82) is 0 Å². The molecule has 1 aromatic carbocycles. The molecule has 0 heterocycles. The summed E-state index contributed by atoms with van der Waals surface area (Å²) in [7, 11) is -3.45. The molecule has 0 aliphatic heterocycles. The third-order valence-electron chi connectivity index (χ3n) is 1.66. The van der Waals surface area contributed by atoms with Crippen LogP contribution in [0.5, 0.6) is 5.75 Å². The Morgan fingerprint density at radius 3 is 2.60 bits per heavy atom. The molecule has 1 aromatic rings. The van der Waals surface area contributed by atoms with E-state index in [4.69, 9.17) is 9.05 Å². The zero-order valence-electron chi connectivity index (χ0n) is 9.11. The number of rotatable bonds is 4. The first-order valence-corrected chi connectivity index (χ1v) is 8.38. The number of halogens is 1. The van der Waals surface area contributed by atoms with Crippen molar-refractivity contribution in [3.05, 3.63) is 28.7 Å². The van der Waals surface area contributed by atoms with Crippen molar-refractivity contribution in [1.82, 2.24) is 0 Å². The van der Waals surface area contributed by atoms with E-state index >= 15 is 0 Å². The molecule has 15 heavy (non-hydrogen) atoms. The van der Waals surface area contributed by atoms with Crippen LogP contribution in [0.2, 0.25) is 0 Å². The predicted octanol–water partition coefficient (Wildman–Crippen LogP) is 3.41. The average Bonchev–Trinajstić information content (AvgIpc) is 2.00. The van der Waals surface area contributed by atoms with Crippen molar-refractivity contribution in [2.45, 2.75) is 6.92 Å². The van der Waals surface area contributed by atoms with Crippen LogP contribution in [0.25, 0.3) is 0 Å². The van der Waals surface area contributed by atoms with Crippen LogP contribution in [0.15, 0.2) is 28.7 Å². The Kier molecular flexibility index (Phi) is 3.77. The molecule has 0 aliphatic rings. The molecule has 5 heteroatoms. The Labute approximate surface area is 98.7 Å². The van der Waals surface area contributed by atoms with Gasteiger partial charge in [-0.15, -0.1) is 0 Å². The van der Waals surface area contributed by atoms with Crippen LogP contribution in [0.3, 0.4) is 0 Å². The first kappa shape index (κ1) is 12.9. The second-order valence-electron chi connectivity index (χ2n) is 3.78. The summed E-state index contributed by atoms with van der Waals surface area (Å²) in [5, 5.41) is 0. The van der Waals surface area contributed by atoms with E-state index in [0.29, 0.717) is 12.4 Å². The van der Waals surface area contributed by atoms with Gasteiger partial charge in [0.05, 0.1) is 0 Å². The summed E-state index contributed by atoms with van der Waals surface area (Å²) in [6.45, 7) is 5.47. The van der Waals surface area contributed by atoms with Crippen LogP contribution >= 0.6 is 23.2 Å². The zero-order chi connectivity index (χ0) is 11.6. The summed E-state index contributed by atoms with van der Waals surface area (Å²) in [6, 6.07) is 7.32. The maximum atomic E-state index is 10.2. The number of hydrogen-bond acceptors (Lipinski definition) is 3. The van der Waals surface area contributed by atoms with E-state index in [2.05, 4.69) is 15.9 Å². The molecule has 1 N–H and O–H groups in total. The van der Waals surface area contributed by atoms with Gasteiger partial charge in [-0.1, -0.05) is 0 Å². The van der Waals surface area contributed by atoms with E-state index in [-0.39, 0.29) is 0 Å². The second-order valence-corrected chi connectivity index (χ2v) is 8.77. The van der Waals surface area contributed by atoms with Crippen molar-refractivity contribution >= 4 is 23.2 Å². The van der Waals surface area contributed by atoms with E-state index in [0.717, 1.165) is 4.47 Å². The molecule has 0 saturated heterocycles. The number of benzene rings is 1. The van der Waals surface area contributed by atoms with Gasteiger partial charge in [0.1, 0.15) is 0 Å². The third-order valence-corrected chi connectivity index (χ3v) is 3.88. The van der Waals surface area contributed by atoms with Crippen molar-refractivity contribution in [2.24, 2.45) is 0 Å². The maximum absolute atomic E-state index is 10.2. The second kappa shape index (κ2) is 4.38. The minimum absolute atomic E-state index is 0.426. The quantitative estimate of drug-likeness (QED) is 0.865. The van der Waals surface area contributed by atoms with Gasteiger partial charge in [0.25, 0.3) is 0 Å². The monoisotopic (exact) mass is 294 g/mol. The van der Waals surface area contributed by atoms with Crippen molar-refractivity contribution in [3.8, 4) is 5.75 Å². The SMILES string of the molecule is CCOP(C)(C)(O)Oc1cccc(Br)c1. The van der Waals surface area contributed by atoms with Crippen LogP contribution in [-0.4, -0.2) is 24.8 Å². The normalized spacial score (nSPS) is 14.3. The minimum atomic E-state index is -3.45. The van der Waals surface area contributed by atoms with Crippen molar-refractivity contribution in [2.75, 3.05) is 19.9 Å². The van der Waals surface area contributed by atoms with Crippen LogP contribution in [0, 0.1) is 0 Å². The van der Waals surface area contributed by atoms with E-state index in [9.17, 15) is 4.89 Å². The Bertz CT molecular complexity index is 346. The molecule has 0 bridgehead atoms. The van der Waals surface area contributed by atoms with Gasteiger partial charge in [0.15, 0.2) is 0 Å². The molecular formula is C10H16BrO3P. The van der Waals surface area contributed by atoms with Crippen LogP contribution in [0.1, 0.15) is 6.92 Å². The average molecular weight is 295 g/mol. The Morgan fingerprint density at radius 2 is 2.07 bits per heavy atom. The van der Waals surface area contributed by atoms with E-state index in [1.807, 2.05) is 19.1 Å². The third kappa shape index (κ3) is 4.47. The van der Waals surface area contributed by atoms with Crippen molar-refractivity contribution < 1.29 is 13.9 Å². The molecule has 0 fully saturated rings. The fourth-order valence-corrected chi connectivity index (χ4v) is 3.10. The molecule has 0 unspecified atom stereocenters. The van der Waals surface area contributed by atoms with Gasteiger partial charge in [0, 0.05) is 0 Å². The molecule has 0 saturated carbocycles. The molecule has 0 aromatic heterocycles. The molecule has 0 aliphatic carbocycles. The van der Waals surface area contributed by atoms with Crippen molar-refractivity contribution in [3.63, 3.8) is 0 Å². The van der Waals surface area contributed by atoms with Crippen LogP contribution < -0.4 is 4.52 Å². The molecule has 0 atom stereocenters. The number of hydrogen-bond donors (Lipinski definition) is 1. The molecule has 0 radical (unpaired) electrons. The van der Waals surface area contributed by atoms with Gasteiger partial charge >= 0.3 is 98.5 Å². The standard InChI is InChI=1S/C10H16BrO3P/c1-4-13-15(2,3,12)14-10-7-5-6-9(11)8-10/h5-8,12H,4H2,1-3H3. The van der Waals surface area contributed by atoms with Gasteiger partial charge < -0.3 is 0 Å². The summed E-state index contributed by atoms with van der Waals surface area (Å²) < 4.78 is 11.8. The molecular weight excluding hydrogens is 279 g/mol. The Hall–Kier alpha value is -0.150. The van der Waals surface area contributed by atoms with E-state index in [1.165, 1.54) is 0 Å². The van der Waals surface area contributed by atoms with Gasteiger partial charge in [-0.25, -0.2) is 0 Å². The Balaban J connectivity index is 2.85. The molecule has 3 nitrogen and oxygen atoms in total. The topological polar surface area (TPSA) is 38.7 Å². The fourth-order valence-electron chi connectivity index (χ4n) is 1.22. The molecule has 1 rings (SSSR count). The summed E-state index contributed by atoms with van der Waals surface area (Å²) in [4.78, 5) is 10.2. The van der Waals surface area contributed by atoms with Gasteiger partial charge in [0.2, 0.25) is 0 Å². The first-order valence-electron chi connectivity index (χ1n) is 4.67. The molecule has 0 spiro atoms. The summed E-state index contributed by atoms with van der Waals surface area (Å²) in [5.74, 6) is 0.600. The van der Waals surface area contributed by atoms with E-state index in [1.54, 1.807) is 25.5 Å². The Morgan fingerprint density at radius 1 is 1.40 bits per heavy atom. The zero-order valence-corrected chi connectivity index (χ0v) is 11.6. The summed E-state index contributed by atoms with van der Waals surface area (Å²) in [5.41, 5.74) is 0. The summed E-state index contributed by atoms with van der Waals surface area (Å²) in [6.07, 6.45) is 0. The molecule has 0 amide bonds. The van der Waals surface area contributed by atoms with Crippen LogP contribution in [-0.2, 0) is 4.52 Å². The van der Waals surface area contributed by atoms with Gasteiger partial charge in [-0.05, 0) is 0 Å². The van der Waals surface area contributed by atoms with Crippen LogP contribution in [0.4, 0.5) is 0 Å². The first-order chi connectivity index (χ1) is 6.80. The predicted molar refractivity (Wildman–Crippen MR) is 67.4 cm³/mol. The molecule has 86 valence electrons. The van der Waals surface area contributed by atoms with E-state index < -0.39 is 7.28 Å². The van der Waals surface area contributed by atoms with Gasteiger partial charge in [-0.3, -0.25) is 0 Å². The van der Waals surface area contributed by atoms with Gasteiger partial charge in [-0.2, -0.15) is 0 Å².